The molecule has 18 heavy (non-hydrogen) atoms. The fraction of sp³-hybridized carbons (Fsp3) is 0.357. The van der Waals surface area contributed by atoms with Crippen LogP contribution in [0.15, 0.2) is 30.6 Å². The van der Waals surface area contributed by atoms with Crippen molar-refractivity contribution in [2.45, 2.75) is 19.9 Å². The summed E-state index contributed by atoms with van der Waals surface area (Å²) in [5, 5.41) is 0. The van der Waals surface area contributed by atoms with E-state index < -0.39 is 0 Å². The number of ether oxygens (including phenoxy) is 1. The first-order valence-corrected chi connectivity index (χ1v) is 6.09. The van der Waals surface area contributed by atoms with Crippen LogP contribution in [0.25, 0.3) is 0 Å². The Balaban J connectivity index is 1.96. The number of aromatic nitrogens is 2. The number of nitrogens with two attached hydrogens (primary N) is 1. The van der Waals surface area contributed by atoms with Gasteiger partial charge in [0.25, 0.3) is 0 Å². The van der Waals surface area contributed by atoms with Gasteiger partial charge in [0.15, 0.2) is 0 Å². The molecule has 0 saturated heterocycles. The van der Waals surface area contributed by atoms with Gasteiger partial charge in [0.05, 0.1) is 6.61 Å². The van der Waals surface area contributed by atoms with Crippen LogP contribution in [0.1, 0.15) is 17.0 Å². The number of benzene rings is 1. The zero-order valence-electron chi connectivity index (χ0n) is 10.9. The molecule has 0 aliphatic rings. The molecule has 96 valence electrons. The standard InChI is InChI=1S/C14H19N3O/c1-11-3-4-13(12(9-11)10-15)18-8-5-14-16-6-7-17(14)2/h3-4,6-7,9H,5,8,10,15H2,1-2H3. The van der Waals surface area contributed by atoms with E-state index in [0.717, 1.165) is 23.6 Å². The molecule has 0 amide bonds. The third-order valence-corrected chi connectivity index (χ3v) is 2.94. The molecular weight excluding hydrogens is 226 g/mol. The molecule has 1 aromatic carbocycles. The molecule has 0 unspecified atom stereocenters. The van der Waals surface area contributed by atoms with Crippen molar-refractivity contribution in [3.63, 3.8) is 0 Å². The Morgan fingerprint density at radius 2 is 2.22 bits per heavy atom. The second-order valence-corrected chi connectivity index (χ2v) is 4.37. The highest BCUT2D eigenvalue weighted by Gasteiger charge is 2.04. The lowest BCUT2D eigenvalue weighted by Gasteiger charge is -2.11. The second-order valence-electron chi connectivity index (χ2n) is 4.37. The first kappa shape index (κ1) is 12.6. The summed E-state index contributed by atoms with van der Waals surface area (Å²) in [4.78, 5) is 4.26. The van der Waals surface area contributed by atoms with Gasteiger partial charge in [-0.25, -0.2) is 4.98 Å². The van der Waals surface area contributed by atoms with E-state index in [9.17, 15) is 0 Å². The number of aryl methyl sites for hydroxylation is 2. The molecule has 4 heteroatoms. The molecule has 0 fully saturated rings. The maximum absolute atomic E-state index is 5.78. The van der Waals surface area contributed by atoms with Crippen molar-refractivity contribution < 1.29 is 4.74 Å². The summed E-state index contributed by atoms with van der Waals surface area (Å²) in [7, 11) is 1.99. The van der Waals surface area contributed by atoms with Gasteiger partial charge in [-0.15, -0.1) is 0 Å². The minimum absolute atomic E-state index is 0.499. The van der Waals surface area contributed by atoms with Crippen LogP contribution in [-0.4, -0.2) is 16.2 Å². The van der Waals surface area contributed by atoms with Crippen molar-refractivity contribution in [3.05, 3.63) is 47.5 Å². The van der Waals surface area contributed by atoms with Crippen molar-refractivity contribution in [2.24, 2.45) is 12.8 Å². The van der Waals surface area contributed by atoms with Gasteiger partial charge in [-0.05, 0) is 13.0 Å². The first-order valence-electron chi connectivity index (χ1n) is 6.09. The average Bonchev–Trinajstić information content (AvgIpc) is 2.77. The largest absolute Gasteiger partial charge is 0.493 e. The lowest BCUT2D eigenvalue weighted by atomic mass is 10.1. The Labute approximate surface area is 107 Å². The second kappa shape index (κ2) is 5.69. The molecule has 0 radical (unpaired) electrons. The van der Waals surface area contributed by atoms with Crippen LogP contribution in [-0.2, 0) is 20.0 Å². The van der Waals surface area contributed by atoms with Gasteiger partial charge in [-0.3, -0.25) is 0 Å². The number of rotatable bonds is 5. The summed E-state index contributed by atoms with van der Waals surface area (Å²) in [6.45, 7) is 3.16. The summed E-state index contributed by atoms with van der Waals surface area (Å²) in [6.07, 6.45) is 4.53. The summed E-state index contributed by atoms with van der Waals surface area (Å²) in [5.74, 6) is 1.90. The lowest BCUT2D eigenvalue weighted by Crippen LogP contribution is -2.08. The third-order valence-electron chi connectivity index (χ3n) is 2.94. The van der Waals surface area contributed by atoms with E-state index in [2.05, 4.69) is 18.0 Å². The SMILES string of the molecule is Cc1ccc(OCCc2nccn2C)c(CN)c1. The number of hydrogen-bond acceptors (Lipinski definition) is 3. The lowest BCUT2D eigenvalue weighted by molar-refractivity contribution is 0.314. The monoisotopic (exact) mass is 245 g/mol. The van der Waals surface area contributed by atoms with Crippen LogP contribution >= 0.6 is 0 Å². The van der Waals surface area contributed by atoms with E-state index in [0.29, 0.717) is 13.2 Å². The zero-order chi connectivity index (χ0) is 13.0. The Kier molecular flexibility index (Phi) is 3.99. The van der Waals surface area contributed by atoms with Gasteiger partial charge in [0, 0.05) is 38.0 Å². The topological polar surface area (TPSA) is 53.1 Å². The van der Waals surface area contributed by atoms with Crippen molar-refractivity contribution in [1.82, 2.24) is 9.55 Å². The molecule has 1 aromatic heterocycles. The minimum Gasteiger partial charge on any atom is -0.493 e. The van der Waals surface area contributed by atoms with Gasteiger partial charge in [-0.2, -0.15) is 0 Å². The first-order chi connectivity index (χ1) is 8.70. The Bertz CT molecular complexity index is 520. The van der Waals surface area contributed by atoms with E-state index >= 15 is 0 Å². The zero-order valence-corrected chi connectivity index (χ0v) is 10.9. The normalized spacial score (nSPS) is 10.6. The van der Waals surface area contributed by atoms with Crippen LogP contribution in [0.3, 0.4) is 0 Å². The van der Waals surface area contributed by atoms with Crippen molar-refractivity contribution in [2.75, 3.05) is 6.61 Å². The van der Waals surface area contributed by atoms with E-state index in [-0.39, 0.29) is 0 Å². The van der Waals surface area contributed by atoms with Crippen LogP contribution in [0.5, 0.6) is 5.75 Å². The van der Waals surface area contributed by atoms with Crippen molar-refractivity contribution >= 4 is 0 Å². The van der Waals surface area contributed by atoms with Crippen LogP contribution in [0.4, 0.5) is 0 Å². The molecule has 0 aliphatic heterocycles. The van der Waals surface area contributed by atoms with Gasteiger partial charge in [0.1, 0.15) is 11.6 Å². The van der Waals surface area contributed by atoms with E-state index in [1.54, 1.807) is 6.20 Å². The van der Waals surface area contributed by atoms with Gasteiger partial charge in [0.2, 0.25) is 0 Å². The molecule has 0 spiro atoms. The minimum atomic E-state index is 0.499. The molecule has 0 bridgehead atoms. The fourth-order valence-electron chi connectivity index (χ4n) is 1.90. The summed E-state index contributed by atoms with van der Waals surface area (Å²) in [6, 6.07) is 6.08. The molecule has 2 aromatic rings. The van der Waals surface area contributed by atoms with Gasteiger partial charge in [-0.1, -0.05) is 17.7 Å². The molecule has 1 heterocycles. The van der Waals surface area contributed by atoms with Gasteiger partial charge >= 0.3 is 0 Å². The molecular formula is C14H19N3O. The Morgan fingerprint density at radius 1 is 1.39 bits per heavy atom. The van der Waals surface area contributed by atoms with Crippen molar-refractivity contribution in [1.29, 1.82) is 0 Å². The number of imidazole rings is 1. The maximum Gasteiger partial charge on any atom is 0.123 e. The molecule has 0 saturated carbocycles. The summed E-state index contributed by atoms with van der Waals surface area (Å²) in [5.41, 5.74) is 7.97. The highest BCUT2D eigenvalue weighted by molar-refractivity contribution is 5.36. The average molecular weight is 245 g/mol. The maximum atomic E-state index is 5.78. The Morgan fingerprint density at radius 3 is 2.89 bits per heavy atom. The van der Waals surface area contributed by atoms with Crippen LogP contribution < -0.4 is 10.5 Å². The number of hydrogen-bond donors (Lipinski definition) is 1. The predicted molar refractivity (Wildman–Crippen MR) is 71.5 cm³/mol. The Hall–Kier alpha value is -1.81. The smallest absolute Gasteiger partial charge is 0.123 e. The molecule has 0 atom stereocenters. The molecule has 0 aliphatic carbocycles. The van der Waals surface area contributed by atoms with E-state index in [1.165, 1.54) is 5.56 Å². The number of nitrogens with zero attached hydrogens (tertiary/aromatic N) is 2. The third kappa shape index (κ3) is 2.90. The summed E-state index contributed by atoms with van der Waals surface area (Å²) >= 11 is 0. The van der Waals surface area contributed by atoms with Crippen molar-refractivity contribution in [3.8, 4) is 5.75 Å². The molecule has 4 nitrogen and oxygen atoms in total. The van der Waals surface area contributed by atoms with E-state index in [1.807, 2.05) is 29.9 Å². The van der Waals surface area contributed by atoms with Crippen LogP contribution in [0, 0.1) is 6.92 Å². The predicted octanol–water partition coefficient (Wildman–Crippen LogP) is 1.81. The van der Waals surface area contributed by atoms with Gasteiger partial charge < -0.3 is 15.0 Å². The highest BCUT2D eigenvalue weighted by Crippen LogP contribution is 2.19. The van der Waals surface area contributed by atoms with E-state index in [4.69, 9.17) is 10.5 Å². The summed E-state index contributed by atoms with van der Waals surface area (Å²) < 4.78 is 7.78. The molecule has 2 N–H and O–H groups in total. The fourth-order valence-corrected chi connectivity index (χ4v) is 1.90. The van der Waals surface area contributed by atoms with Crippen LogP contribution in [0.2, 0.25) is 0 Å². The quantitative estimate of drug-likeness (QED) is 0.874. The highest BCUT2D eigenvalue weighted by atomic mass is 16.5. The molecule has 2 rings (SSSR count).